The number of hydrogen-bond acceptors (Lipinski definition) is 2. The number of amides is 1. The van der Waals surface area contributed by atoms with Gasteiger partial charge in [-0.25, -0.2) is 0 Å². The van der Waals surface area contributed by atoms with Crippen LogP contribution in [0.25, 0.3) is 0 Å². The summed E-state index contributed by atoms with van der Waals surface area (Å²) in [6, 6.07) is 4.84. The lowest BCUT2D eigenvalue weighted by Crippen LogP contribution is -2.06. The Labute approximate surface area is 80.7 Å². The molecule has 1 aromatic rings. The third-order valence-electron chi connectivity index (χ3n) is 1.34. The minimum absolute atomic E-state index is 0.471. The Kier molecular flexibility index (Phi) is 2.78. The van der Waals surface area contributed by atoms with Crippen molar-refractivity contribution in [2.24, 2.45) is 5.73 Å². The van der Waals surface area contributed by atoms with Crippen LogP contribution in [-0.2, 0) is 4.79 Å². The summed E-state index contributed by atoms with van der Waals surface area (Å²) in [7, 11) is 0. The lowest BCUT2D eigenvalue weighted by atomic mass is 10.2. The van der Waals surface area contributed by atoms with Crippen LogP contribution in [0.15, 0.2) is 18.2 Å². The van der Waals surface area contributed by atoms with Crippen LogP contribution >= 0.6 is 11.6 Å². The van der Waals surface area contributed by atoms with Crippen molar-refractivity contribution >= 4 is 23.2 Å². The molecule has 0 aromatic heterocycles. The molecule has 0 saturated heterocycles. The molecular weight excluding hydrogens is 188 g/mol. The van der Waals surface area contributed by atoms with Crippen LogP contribution < -0.4 is 11.5 Å². The van der Waals surface area contributed by atoms with Crippen molar-refractivity contribution in [1.82, 2.24) is 0 Å². The molecule has 4 heteroatoms. The van der Waals surface area contributed by atoms with E-state index in [2.05, 4.69) is 11.8 Å². The molecule has 0 atom stereocenters. The van der Waals surface area contributed by atoms with Gasteiger partial charge >= 0.3 is 0 Å². The summed E-state index contributed by atoms with van der Waals surface area (Å²) in [5.41, 5.74) is 11.4. The van der Waals surface area contributed by atoms with Gasteiger partial charge < -0.3 is 11.5 Å². The van der Waals surface area contributed by atoms with E-state index in [-0.39, 0.29) is 0 Å². The van der Waals surface area contributed by atoms with Crippen molar-refractivity contribution < 1.29 is 4.79 Å². The van der Waals surface area contributed by atoms with E-state index in [4.69, 9.17) is 23.1 Å². The van der Waals surface area contributed by atoms with Gasteiger partial charge in [-0.2, -0.15) is 0 Å². The lowest BCUT2D eigenvalue weighted by molar-refractivity contribution is -0.112. The van der Waals surface area contributed by atoms with E-state index in [0.29, 0.717) is 16.3 Å². The number of carbonyl (C=O) groups is 1. The molecule has 0 saturated carbocycles. The van der Waals surface area contributed by atoms with E-state index >= 15 is 0 Å². The van der Waals surface area contributed by atoms with Gasteiger partial charge in [0.05, 0.1) is 0 Å². The number of halogens is 1. The standard InChI is InChI=1S/C9H7ClN2O/c10-7-2-3-8(11)6(5-7)1-4-9(12)13/h2-3,5H,11H2,(H2,12,13). The highest BCUT2D eigenvalue weighted by atomic mass is 35.5. The molecule has 0 spiro atoms. The minimum Gasteiger partial charge on any atom is -0.398 e. The molecule has 0 radical (unpaired) electrons. The van der Waals surface area contributed by atoms with E-state index in [1.807, 2.05) is 0 Å². The average Bonchev–Trinajstić information content (AvgIpc) is 2.06. The van der Waals surface area contributed by atoms with Crippen LogP contribution in [0.3, 0.4) is 0 Å². The van der Waals surface area contributed by atoms with Crippen molar-refractivity contribution in [2.75, 3.05) is 5.73 Å². The summed E-state index contributed by atoms with van der Waals surface area (Å²) in [6.07, 6.45) is 0. The summed E-state index contributed by atoms with van der Waals surface area (Å²) < 4.78 is 0. The molecule has 1 aromatic carbocycles. The van der Waals surface area contributed by atoms with Crippen molar-refractivity contribution in [2.45, 2.75) is 0 Å². The molecule has 4 N–H and O–H groups in total. The van der Waals surface area contributed by atoms with Crippen LogP contribution in [0.2, 0.25) is 5.02 Å². The second-order valence-corrected chi connectivity index (χ2v) is 2.78. The number of nitrogens with two attached hydrogens (primary N) is 2. The summed E-state index contributed by atoms with van der Waals surface area (Å²) in [6.45, 7) is 0. The zero-order valence-corrected chi connectivity index (χ0v) is 7.43. The maximum atomic E-state index is 10.3. The minimum atomic E-state index is -0.695. The quantitative estimate of drug-likeness (QED) is 0.473. The number of hydrogen-bond donors (Lipinski definition) is 2. The molecule has 0 aliphatic rings. The zero-order chi connectivity index (χ0) is 9.84. The maximum Gasteiger partial charge on any atom is 0.293 e. The highest BCUT2D eigenvalue weighted by molar-refractivity contribution is 6.30. The maximum absolute atomic E-state index is 10.3. The van der Waals surface area contributed by atoms with Gasteiger partial charge in [-0.15, -0.1) is 0 Å². The predicted molar refractivity (Wildman–Crippen MR) is 51.9 cm³/mol. The molecule has 0 aliphatic heterocycles. The van der Waals surface area contributed by atoms with E-state index in [1.54, 1.807) is 18.2 Å². The Morgan fingerprint density at radius 3 is 2.77 bits per heavy atom. The summed E-state index contributed by atoms with van der Waals surface area (Å²) in [5, 5.41) is 0.517. The van der Waals surface area contributed by atoms with E-state index in [1.165, 1.54) is 0 Å². The topological polar surface area (TPSA) is 69.1 Å². The fourth-order valence-corrected chi connectivity index (χ4v) is 0.938. The SMILES string of the molecule is NC(=O)C#Cc1cc(Cl)ccc1N. The first-order valence-corrected chi connectivity index (χ1v) is 3.84. The normalized spacial score (nSPS) is 8.69. The Morgan fingerprint density at radius 2 is 2.15 bits per heavy atom. The molecule has 13 heavy (non-hydrogen) atoms. The first-order valence-electron chi connectivity index (χ1n) is 3.46. The zero-order valence-electron chi connectivity index (χ0n) is 6.67. The van der Waals surface area contributed by atoms with Gasteiger partial charge in [-0.05, 0) is 18.2 Å². The lowest BCUT2D eigenvalue weighted by Gasteiger charge is -1.96. The van der Waals surface area contributed by atoms with Crippen molar-refractivity contribution in [3.8, 4) is 11.8 Å². The Balaban J connectivity index is 3.09. The largest absolute Gasteiger partial charge is 0.398 e. The molecule has 0 fully saturated rings. The van der Waals surface area contributed by atoms with Crippen LogP contribution in [0.1, 0.15) is 5.56 Å². The molecule has 0 bridgehead atoms. The first-order chi connectivity index (χ1) is 6.09. The summed E-state index contributed by atoms with van der Waals surface area (Å²) in [4.78, 5) is 10.3. The Hall–Kier alpha value is -1.66. The number of benzene rings is 1. The molecule has 0 aliphatic carbocycles. The van der Waals surface area contributed by atoms with Crippen LogP contribution in [0.4, 0.5) is 5.69 Å². The van der Waals surface area contributed by atoms with Gasteiger partial charge in [0.1, 0.15) is 0 Å². The van der Waals surface area contributed by atoms with Crippen molar-refractivity contribution in [3.05, 3.63) is 28.8 Å². The van der Waals surface area contributed by atoms with Gasteiger partial charge in [0, 0.05) is 22.2 Å². The Morgan fingerprint density at radius 1 is 1.46 bits per heavy atom. The number of carbonyl (C=O) groups excluding carboxylic acids is 1. The molecule has 66 valence electrons. The molecule has 0 unspecified atom stereocenters. The smallest absolute Gasteiger partial charge is 0.293 e. The summed E-state index contributed by atoms with van der Waals surface area (Å²) in [5.74, 6) is 4.00. The number of rotatable bonds is 0. The average molecular weight is 195 g/mol. The molecule has 0 heterocycles. The summed E-state index contributed by atoms with van der Waals surface area (Å²) >= 11 is 5.69. The fourth-order valence-electron chi connectivity index (χ4n) is 0.766. The van der Waals surface area contributed by atoms with Crippen molar-refractivity contribution in [1.29, 1.82) is 0 Å². The van der Waals surface area contributed by atoms with Gasteiger partial charge in [-0.3, -0.25) is 4.79 Å². The van der Waals surface area contributed by atoms with Crippen LogP contribution in [0.5, 0.6) is 0 Å². The highest BCUT2D eigenvalue weighted by Gasteiger charge is 1.96. The van der Waals surface area contributed by atoms with Gasteiger partial charge in [-0.1, -0.05) is 17.5 Å². The molecular formula is C9H7ClN2O. The van der Waals surface area contributed by atoms with E-state index in [9.17, 15) is 4.79 Å². The fraction of sp³-hybridized carbons (Fsp3) is 0. The number of nitrogen functional groups attached to an aromatic ring is 1. The second-order valence-electron chi connectivity index (χ2n) is 2.35. The van der Waals surface area contributed by atoms with Crippen molar-refractivity contribution in [3.63, 3.8) is 0 Å². The third-order valence-corrected chi connectivity index (χ3v) is 1.57. The van der Waals surface area contributed by atoms with Crippen LogP contribution in [-0.4, -0.2) is 5.91 Å². The number of primary amides is 1. The first kappa shape index (κ1) is 9.43. The van der Waals surface area contributed by atoms with Crippen LogP contribution in [0, 0.1) is 11.8 Å². The number of anilines is 1. The molecule has 1 rings (SSSR count). The second kappa shape index (κ2) is 3.83. The van der Waals surface area contributed by atoms with E-state index < -0.39 is 5.91 Å². The van der Waals surface area contributed by atoms with Gasteiger partial charge in [0.15, 0.2) is 0 Å². The molecule has 3 nitrogen and oxygen atoms in total. The van der Waals surface area contributed by atoms with E-state index in [0.717, 1.165) is 0 Å². The Bertz CT molecular complexity index is 404. The molecule has 1 amide bonds. The highest BCUT2D eigenvalue weighted by Crippen LogP contribution is 2.16. The van der Waals surface area contributed by atoms with Gasteiger partial charge in [0.2, 0.25) is 0 Å². The predicted octanol–water partition coefficient (Wildman–Crippen LogP) is 0.759. The monoisotopic (exact) mass is 194 g/mol. The van der Waals surface area contributed by atoms with Gasteiger partial charge in [0.25, 0.3) is 5.91 Å². The third kappa shape index (κ3) is 2.69.